The van der Waals surface area contributed by atoms with E-state index >= 15 is 0 Å². The second-order valence-corrected chi connectivity index (χ2v) is 2.99. The molecule has 70 valence electrons. The molecule has 0 saturated carbocycles. The minimum atomic E-state index is -0.364. The summed E-state index contributed by atoms with van der Waals surface area (Å²) in [4.78, 5) is 15.2. The van der Waals surface area contributed by atoms with Crippen molar-refractivity contribution in [1.82, 2.24) is 4.98 Å². The van der Waals surface area contributed by atoms with Crippen LogP contribution in [0.5, 0.6) is 0 Å². The molecule has 2 aromatic rings. The summed E-state index contributed by atoms with van der Waals surface area (Å²) < 4.78 is 4.98. The van der Waals surface area contributed by atoms with Gasteiger partial charge in [-0.1, -0.05) is 18.2 Å². The number of hydrogen-bond acceptors (Lipinski definition) is 3. The number of aryl methyl sites for hydroxylation is 1. The molecule has 0 N–H and O–H groups in total. The Kier molecular flexibility index (Phi) is 2.14. The molecule has 0 aliphatic rings. The molecule has 1 heterocycles. The van der Waals surface area contributed by atoms with E-state index in [9.17, 15) is 4.79 Å². The van der Waals surface area contributed by atoms with Gasteiger partial charge in [0.25, 0.3) is 0 Å². The summed E-state index contributed by atoms with van der Waals surface area (Å²) in [5, 5.41) is 0. The monoisotopic (exact) mass is 187 g/mol. The molecule has 0 fully saturated rings. The van der Waals surface area contributed by atoms with E-state index in [1.807, 2.05) is 30.3 Å². The van der Waals surface area contributed by atoms with E-state index in [0.29, 0.717) is 11.6 Å². The minimum absolute atomic E-state index is 0.364. The van der Waals surface area contributed by atoms with Gasteiger partial charge in [0.15, 0.2) is 0 Å². The first-order valence-corrected chi connectivity index (χ1v) is 4.30. The Morgan fingerprint density at radius 2 is 1.93 bits per heavy atom. The molecule has 0 atom stereocenters. The molecule has 0 unspecified atom stereocenters. The van der Waals surface area contributed by atoms with E-state index in [-0.39, 0.29) is 5.63 Å². The standard InChI is InChI=1S/C11H9NO2/c1-8-7-10(13)14-11(12-8)9-5-3-2-4-6-9/h2-7H,1H3. The smallest absolute Gasteiger partial charge is 0.339 e. The Bertz CT molecular complexity index is 488. The Balaban J connectivity index is 2.58. The normalized spacial score (nSPS) is 10.1. The summed E-state index contributed by atoms with van der Waals surface area (Å²) in [5.74, 6) is 0.371. The highest BCUT2D eigenvalue weighted by Crippen LogP contribution is 2.14. The van der Waals surface area contributed by atoms with Gasteiger partial charge in [-0.3, -0.25) is 0 Å². The van der Waals surface area contributed by atoms with Gasteiger partial charge < -0.3 is 4.42 Å². The Morgan fingerprint density at radius 3 is 2.57 bits per heavy atom. The number of hydrogen-bond donors (Lipinski definition) is 0. The van der Waals surface area contributed by atoms with Crippen LogP contribution in [0.4, 0.5) is 0 Å². The highest BCUT2D eigenvalue weighted by atomic mass is 16.4. The van der Waals surface area contributed by atoms with Gasteiger partial charge in [-0.05, 0) is 19.1 Å². The largest absolute Gasteiger partial charge is 0.404 e. The average molecular weight is 187 g/mol. The molecule has 0 aliphatic heterocycles. The first kappa shape index (κ1) is 8.69. The van der Waals surface area contributed by atoms with E-state index in [1.165, 1.54) is 6.07 Å². The predicted molar refractivity (Wildman–Crippen MR) is 52.9 cm³/mol. The second-order valence-electron chi connectivity index (χ2n) is 2.99. The first-order valence-electron chi connectivity index (χ1n) is 4.30. The number of rotatable bonds is 1. The van der Waals surface area contributed by atoms with Gasteiger partial charge in [-0.25, -0.2) is 9.78 Å². The fourth-order valence-corrected chi connectivity index (χ4v) is 1.21. The van der Waals surface area contributed by atoms with Gasteiger partial charge in [0.2, 0.25) is 5.89 Å². The van der Waals surface area contributed by atoms with Gasteiger partial charge in [-0.2, -0.15) is 0 Å². The molecule has 3 heteroatoms. The maximum atomic E-state index is 11.1. The van der Waals surface area contributed by atoms with Crippen LogP contribution in [0.1, 0.15) is 5.69 Å². The first-order chi connectivity index (χ1) is 6.75. The lowest BCUT2D eigenvalue weighted by atomic mass is 10.2. The number of nitrogens with zero attached hydrogens (tertiary/aromatic N) is 1. The van der Waals surface area contributed by atoms with Crippen molar-refractivity contribution in [3.8, 4) is 11.5 Å². The van der Waals surface area contributed by atoms with Crippen LogP contribution < -0.4 is 5.63 Å². The molecule has 0 spiro atoms. The Hall–Kier alpha value is -1.90. The quantitative estimate of drug-likeness (QED) is 0.685. The zero-order valence-electron chi connectivity index (χ0n) is 7.73. The zero-order valence-corrected chi connectivity index (χ0v) is 7.73. The maximum absolute atomic E-state index is 11.1. The third-order valence-corrected chi connectivity index (χ3v) is 1.82. The predicted octanol–water partition coefficient (Wildman–Crippen LogP) is 2.01. The molecule has 0 amide bonds. The fraction of sp³-hybridized carbons (Fsp3) is 0.0909. The van der Waals surface area contributed by atoms with Gasteiger partial charge in [0, 0.05) is 17.3 Å². The van der Waals surface area contributed by atoms with Crippen molar-refractivity contribution < 1.29 is 4.42 Å². The van der Waals surface area contributed by atoms with Crippen LogP contribution in [0, 0.1) is 6.92 Å². The topological polar surface area (TPSA) is 43.1 Å². The van der Waals surface area contributed by atoms with E-state index in [1.54, 1.807) is 6.92 Å². The third kappa shape index (κ3) is 1.71. The lowest BCUT2D eigenvalue weighted by molar-refractivity contribution is 0.504. The lowest BCUT2D eigenvalue weighted by Crippen LogP contribution is -2.01. The molecule has 0 aliphatic carbocycles. The van der Waals surface area contributed by atoms with Gasteiger partial charge in [0.05, 0.1) is 0 Å². The van der Waals surface area contributed by atoms with Gasteiger partial charge >= 0.3 is 5.63 Å². The summed E-state index contributed by atoms with van der Waals surface area (Å²) in [6, 6.07) is 10.7. The summed E-state index contributed by atoms with van der Waals surface area (Å²) >= 11 is 0. The van der Waals surface area contributed by atoms with E-state index < -0.39 is 0 Å². The van der Waals surface area contributed by atoms with Crippen molar-refractivity contribution in [2.45, 2.75) is 6.92 Å². The van der Waals surface area contributed by atoms with Crippen LogP contribution in [0.2, 0.25) is 0 Å². The minimum Gasteiger partial charge on any atom is -0.404 e. The van der Waals surface area contributed by atoms with Crippen molar-refractivity contribution >= 4 is 0 Å². The van der Waals surface area contributed by atoms with E-state index in [0.717, 1.165) is 5.56 Å². The molecule has 0 radical (unpaired) electrons. The van der Waals surface area contributed by atoms with E-state index in [2.05, 4.69) is 4.98 Å². The highest BCUT2D eigenvalue weighted by Gasteiger charge is 2.02. The number of aromatic nitrogens is 1. The molecule has 14 heavy (non-hydrogen) atoms. The third-order valence-electron chi connectivity index (χ3n) is 1.82. The van der Waals surface area contributed by atoms with Crippen LogP contribution in [-0.4, -0.2) is 4.98 Å². The molecular formula is C11H9NO2. The molecule has 1 aromatic carbocycles. The average Bonchev–Trinajstić information content (AvgIpc) is 2.18. The number of benzene rings is 1. The molecule has 0 saturated heterocycles. The summed E-state index contributed by atoms with van der Waals surface area (Å²) in [6.07, 6.45) is 0. The van der Waals surface area contributed by atoms with E-state index in [4.69, 9.17) is 4.42 Å². The Morgan fingerprint density at radius 1 is 1.21 bits per heavy atom. The summed E-state index contributed by atoms with van der Waals surface area (Å²) in [7, 11) is 0. The fourth-order valence-electron chi connectivity index (χ4n) is 1.21. The second kappa shape index (κ2) is 3.46. The molecule has 0 bridgehead atoms. The Labute approximate surface area is 81.0 Å². The molecule has 2 rings (SSSR count). The maximum Gasteiger partial charge on any atom is 0.339 e. The van der Waals surface area contributed by atoms with Crippen LogP contribution in [0.3, 0.4) is 0 Å². The zero-order chi connectivity index (χ0) is 9.97. The van der Waals surface area contributed by atoms with Crippen LogP contribution >= 0.6 is 0 Å². The summed E-state index contributed by atoms with van der Waals surface area (Å²) in [5.41, 5.74) is 1.12. The summed E-state index contributed by atoms with van der Waals surface area (Å²) in [6.45, 7) is 1.77. The highest BCUT2D eigenvalue weighted by molar-refractivity contribution is 5.52. The lowest BCUT2D eigenvalue weighted by Gasteiger charge is -1.98. The van der Waals surface area contributed by atoms with Crippen molar-refractivity contribution in [2.24, 2.45) is 0 Å². The van der Waals surface area contributed by atoms with Gasteiger partial charge in [0.1, 0.15) is 0 Å². The van der Waals surface area contributed by atoms with Crippen molar-refractivity contribution in [2.75, 3.05) is 0 Å². The van der Waals surface area contributed by atoms with Crippen LogP contribution in [0.15, 0.2) is 45.6 Å². The molecule has 3 nitrogen and oxygen atoms in total. The van der Waals surface area contributed by atoms with Crippen LogP contribution in [0.25, 0.3) is 11.5 Å². The van der Waals surface area contributed by atoms with Gasteiger partial charge in [-0.15, -0.1) is 0 Å². The molecule has 1 aromatic heterocycles. The van der Waals surface area contributed by atoms with Crippen molar-refractivity contribution in [3.63, 3.8) is 0 Å². The SMILES string of the molecule is Cc1cc(=O)oc(-c2ccccc2)n1. The molecular weight excluding hydrogens is 178 g/mol. The van der Waals surface area contributed by atoms with Crippen molar-refractivity contribution in [1.29, 1.82) is 0 Å². The van der Waals surface area contributed by atoms with Crippen LogP contribution in [-0.2, 0) is 0 Å². The van der Waals surface area contributed by atoms with Crippen molar-refractivity contribution in [3.05, 3.63) is 52.5 Å².